The summed E-state index contributed by atoms with van der Waals surface area (Å²) in [7, 11) is 0. The van der Waals surface area contributed by atoms with Gasteiger partial charge in [0, 0.05) is 37.8 Å². The fraction of sp³-hybridized carbons (Fsp3) is 0.486. The highest BCUT2D eigenvalue weighted by Crippen LogP contribution is 2.45. The van der Waals surface area contributed by atoms with Crippen molar-refractivity contribution >= 4 is 27.5 Å². The molecule has 3 aliphatic heterocycles. The van der Waals surface area contributed by atoms with Gasteiger partial charge in [0.25, 0.3) is 0 Å². The van der Waals surface area contributed by atoms with Crippen molar-refractivity contribution in [3.8, 4) is 29.1 Å². The van der Waals surface area contributed by atoms with Crippen LogP contribution in [0.5, 0.6) is 11.8 Å². The van der Waals surface area contributed by atoms with Gasteiger partial charge in [-0.2, -0.15) is 15.2 Å². The number of aromatic nitrogens is 3. The Kier molecular flexibility index (Phi) is 6.98. The number of aromatic hydroxyl groups is 1. The quantitative estimate of drug-likeness (QED) is 0.265. The molecule has 4 aliphatic rings. The summed E-state index contributed by atoms with van der Waals surface area (Å²) in [6.45, 7) is 4.47. The minimum absolute atomic E-state index is 0.00117. The van der Waals surface area contributed by atoms with E-state index in [1.165, 1.54) is 24.4 Å². The number of nitrogens with zero attached hydrogens (tertiary/aromatic N) is 6. The van der Waals surface area contributed by atoms with Crippen molar-refractivity contribution < 1.29 is 23.0 Å². The van der Waals surface area contributed by atoms with Gasteiger partial charge in [0.2, 0.25) is 0 Å². The molecule has 4 fully saturated rings. The maximum Gasteiger partial charge on any atom is 0.319 e. The van der Waals surface area contributed by atoms with Crippen LogP contribution in [0.2, 0.25) is 0 Å². The Morgan fingerprint density at radius 3 is 2.85 bits per heavy atom. The molecule has 2 aromatic carbocycles. The van der Waals surface area contributed by atoms with E-state index in [0.29, 0.717) is 65.9 Å². The molecule has 2 bridgehead atoms. The van der Waals surface area contributed by atoms with Crippen LogP contribution in [0.4, 0.5) is 19.0 Å². The van der Waals surface area contributed by atoms with E-state index in [1.54, 1.807) is 6.07 Å². The van der Waals surface area contributed by atoms with E-state index in [-0.39, 0.29) is 47.0 Å². The Morgan fingerprint density at radius 1 is 1.15 bits per heavy atom. The lowest BCUT2D eigenvalue weighted by atomic mass is 9.94. The summed E-state index contributed by atoms with van der Waals surface area (Å²) in [5.74, 6) is -0.280. The highest BCUT2D eigenvalue weighted by Gasteiger charge is 2.49. The molecule has 0 spiro atoms. The third-order valence-electron chi connectivity index (χ3n) is 10.8. The fourth-order valence-corrected chi connectivity index (χ4v) is 8.79. The zero-order valence-electron chi connectivity index (χ0n) is 25.6. The Balaban J connectivity index is 1.27. The standard InChI is InChI=1S/C35H35F3N6O2/c1-2-25-28(37)5-4-20-10-24(45)11-26(29(20)25)31-30(38)32-27(14-40-31)33(43-15-19-8-21(13-39)22(9-19)16-43)42-34(41-32)46-18-35-6-3-7-44(35)17-23(36)12-35/h4-5,10-11,14,19,21-23,45H,2-3,6-9,12,15-18H2,1H3/t19?,21?,22?,23-,35+/m1/s1. The number of aryl methyl sites for hydroxylation is 1. The van der Waals surface area contributed by atoms with Gasteiger partial charge in [-0.3, -0.25) is 9.88 Å². The summed E-state index contributed by atoms with van der Waals surface area (Å²) in [5.41, 5.74) is 0.165. The molecule has 3 saturated heterocycles. The fourth-order valence-electron chi connectivity index (χ4n) is 8.79. The van der Waals surface area contributed by atoms with E-state index in [1.807, 2.05) is 6.92 Å². The molecule has 0 amide bonds. The first kappa shape index (κ1) is 29.2. The molecule has 5 heterocycles. The maximum absolute atomic E-state index is 16.9. The van der Waals surface area contributed by atoms with Crippen LogP contribution in [-0.4, -0.2) is 69.5 Å². The first-order valence-corrected chi connectivity index (χ1v) is 16.2. The molecule has 8 nitrogen and oxygen atoms in total. The van der Waals surface area contributed by atoms with E-state index in [4.69, 9.17) is 9.72 Å². The number of fused-ring (bicyclic) bond motifs is 5. The second-order valence-electron chi connectivity index (χ2n) is 13.6. The van der Waals surface area contributed by atoms with Crippen LogP contribution >= 0.6 is 0 Å². The largest absolute Gasteiger partial charge is 0.508 e. The summed E-state index contributed by atoms with van der Waals surface area (Å²) in [5, 5.41) is 21.8. The summed E-state index contributed by atoms with van der Waals surface area (Å²) in [6.07, 6.45) is 4.91. The molecule has 238 valence electrons. The van der Waals surface area contributed by atoms with Gasteiger partial charge in [0.1, 0.15) is 41.4 Å². The van der Waals surface area contributed by atoms with Crippen LogP contribution in [0.15, 0.2) is 30.5 Å². The van der Waals surface area contributed by atoms with Crippen LogP contribution in [0.25, 0.3) is 32.9 Å². The van der Waals surface area contributed by atoms with Crippen molar-refractivity contribution in [3.05, 3.63) is 47.7 Å². The number of rotatable bonds is 6. The molecular weight excluding hydrogens is 593 g/mol. The zero-order chi connectivity index (χ0) is 31.7. The van der Waals surface area contributed by atoms with Gasteiger partial charge in [-0.25, -0.2) is 13.2 Å². The Bertz CT molecular complexity index is 1920. The van der Waals surface area contributed by atoms with Crippen LogP contribution in [-0.2, 0) is 6.42 Å². The number of pyridine rings is 1. The van der Waals surface area contributed by atoms with Crippen molar-refractivity contribution in [3.63, 3.8) is 0 Å². The number of hydrogen-bond donors (Lipinski definition) is 1. The summed E-state index contributed by atoms with van der Waals surface area (Å²) < 4.78 is 52.6. The van der Waals surface area contributed by atoms with Gasteiger partial charge in [-0.15, -0.1) is 0 Å². The highest BCUT2D eigenvalue weighted by molar-refractivity contribution is 6.01. The van der Waals surface area contributed by atoms with Gasteiger partial charge < -0.3 is 14.7 Å². The van der Waals surface area contributed by atoms with Crippen molar-refractivity contribution in [1.29, 1.82) is 5.26 Å². The number of benzene rings is 2. The molecular formula is C35H35F3N6O2. The van der Waals surface area contributed by atoms with Crippen LogP contribution in [0.3, 0.4) is 0 Å². The Morgan fingerprint density at radius 2 is 2.02 bits per heavy atom. The van der Waals surface area contributed by atoms with Crippen LogP contribution in [0.1, 0.15) is 44.6 Å². The molecule has 1 N–H and O–H groups in total. The predicted molar refractivity (Wildman–Crippen MR) is 167 cm³/mol. The molecule has 46 heavy (non-hydrogen) atoms. The SMILES string of the molecule is CCc1c(F)ccc2cc(O)cc(-c3ncc4c(N5CC6CC(C#N)C(C6)C5)nc(OC[C@@]56CCCN5C[C@H](F)C6)nc4c3F)c12. The molecule has 1 aliphatic carbocycles. The highest BCUT2D eigenvalue weighted by atomic mass is 19.1. The topological polar surface area (TPSA) is 98.4 Å². The lowest BCUT2D eigenvalue weighted by Gasteiger charge is -2.34. The summed E-state index contributed by atoms with van der Waals surface area (Å²) >= 11 is 0. The number of phenolic OH excluding ortho intramolecular Hbond substituents is 1. The van der Waals surface area contributed by atoms with Crippen molar-refractivity contribution in [2.24, 2.45) is 17.8 Å². The first-order chi connectivity index (χ1) is 22.3. The molecule has 1 saturated carbocycles. The Hall–Kier alpha value is -4.17. The van der Waals surface area contributed by atoms with Crippen LogP contribution < -0.4 is 9.64 Å². The van der Waals surface area contributed by atoms with Crippen molar-refractivity contribution in [1.82, 2.24) is 19.9 Å². The number of piperidine rings is 1. The monoisotopic (exact) mass is 628 g/mol. The van der Waals surface area contributed by atoms with Gasteiger partial charge in [-0.05, 0) is 85.0 Å². The normalized spacial score (nSPS) is 27.4. The number of halogens is 3. The van der Waals surface area contributed by atoms with Gasteiger partial charge >= 0.3 is 6.01 Å². The second-order valence-corrected chi connectivity index (χ2v) is 13.6. The number of hydrogen-bond acceptors (Lipinski definition) is 8. The summed E-state index contributed by atoms with van der Waals surface area (Å²) in [4.78, 5) is 18.2. The van der Waals surface area contributed by atoms with Crippen LogP contribution in [0, 0.1) is 40.7 Å². The number of alkyl halides is 1. The Labute approximate surface area is 264 Å². The van der Waals surface area contributed by atoms with E-state index >= 15 is 4.39 Å². The summed E-state index contributed by atoms with van der Waals surface area (Å²) in [6, 6.07) is 8.30. The van der Waals surface area contributed by atoms with E-state index in [0.717, 1.165) is 32.2 Å². The maximum atomic E-state index is 16.9. The van der Waals surface area contributed by atoms with E-state index in [9.17, 15) is 19.1 Å². The van der Waals surface area contributed by atoms with Crippen molar-refractivity contribution in [2.75, 3.05) is 37.7 Å². The van der Waals surface area contributed by atoms with Gasteiger partial charge in [0.05, 0.1) is 22.9 Å². The third kappa shape index (κ3) is 4.63. The minimum atomic E-state index is -0.921. The number of nitriles is 1. The molecule has 2 aromatic heterocycles. The second kappa shape index (κ2) is 11.0. The average molecular weight is 629 g/mol. The zero-order valence-corrected chi connectivity index (χ0v) is 25.6. The lowest BCUT2D eigenvalue weighted by molar-refractivity contribution is 0.107. The number of anilines is 1. The molecule has 4 aromatic rings. The van der Waals surface area contributed by atoms with Gasteiger partial charge in [-0.1, -0.05) is 13.0 Å². The number of phenols is 1. The molecule has 8 rings (SSSR count). The molecule has 0 radical (unpaired) electrons. The molecule has 11 heteroatoms. The predicted octanol–water partition coefficient (Wildman–Crippen LogP) is 6.33. The number of ether oxygens (including phenoxy) is 1. The first-order valence-electron chi connectivity index (χ1n) is 16.2. The molecule has 5 atom stereocenters. The van der Waals surface area contributed by atoms with Gasteiger partial charge in [0.15, 0.2) is 5.82 Å². The minimum Gasteiger partial charge on any atom is -0.508 e. The average Bonchev–Trinajstić information content (AvgIpc) is 3.67. The molecule has 3 unspecified atom stereocenters. The third-order valence-corrected chi connectivity index (χ3v) is 10.8. The lowest BCUT2D eigenvalue weighted by Crippen LogP contribution is -2.43. The van der Waals surface area contributed by atoms with E-state index < -0.39 is 23.3 Å². The van der Waals surface area contributed by atoms with Crippen molar-refractivity contribution in [2.45, 2.75) is 57.2 Å². The van der Waals surface area contributed by atoms with E-state index in [2.05, 4.69) is 25.8 Å². The smallest absolute Gasteiger partial charge is 0.319 e.